The van der Waals surface area contributed by atoms with Crippen LogP contribution in [0.3, 0.4) is 0 Å². The van der Waals surface area contributed by atoms with Gasteiger partial charge in [-0.2, -0.15) is 0 Å². The van der Waals surface area contributed by atoms with E-state index in [1.807, 2.05) is 6.07 Å². The highest BCUT2D eigenvalue weighted by molar-refractivity contribution is 5.49. The Kier molecular flexibility index (Phi) is 3.57. The van der Waals surface area contributed by atoms with Crippen molar-refractivity contribution in [3.63, 3.8) is 0 Å². The molecule has 1 aliphatic carbocycles. The maximum absolute atomic E-state index is 8.63. The number of benzene rings is 1. The van der Waals surface area contributed by atoms with E-state index in [-0.39, 0.29) is 0 Å². The Bertz CT molecular complexity index is 427. The molecule has 1 N–H and O–H groups in total. The van der Waals surface area contributed by atoms with Crippen molar-refractivity contribution in [3.05, 3.63) is 65.8 Å². The molecule has 2 aliphatic rings. The average Bonchev–Trinajstić information content (AvgIpc) is 2.79. The number of para-hydroxylation sites is 1. The second kappa shape index (κ2) is 5.33. The van der Waals surface area contributed by atoms with E-state index < -0.39 is 0 Å². The number of rotatable bonds is 0. The summed E-state index contributed by atoms with van der Waals surface area (Å²) in [5.41, 5.74) is 2.67. The van der Waals surface area contributed by atoms with Crippen molar-refractivity contribution in [2.45, 2.75) is 0 Å². The number of aromatic hydroxyl groups is 1. The van der Waals surface area contributed by atoms with Crippen molar-refractivity contribution < 1.29 is 9.84 Å². The Labute approximate surface area is 95.2 Å². The van der Waals surface area contributed by atoms with E-state index >= 15 is 0 Å². The lowest BCUT2D eigenvalue weighted by Crippen LogP contribution is -2.04. The molecule has 2 nitrogen and oxygen atoms in total. The van der Waals surface area contributed by atoms with E-state index in [4.69, 9.17) is 9.84 Å². The Balaban J connectivity index is 0.000000125. The number of phenolic OH excluding ortho intramolecular Hbond substituents is 1. The van der Waals surface area contributed by atoms with Gasteiger partial charge in [-0.15, -0.1) is 0 Å². The van der Waals surface area contributed by atoms with E-state index in [0.717, 1.165) is 13.2 Å². The molecule has 0 aromatic heterocycles. The van der Waals surface area contributed by atoms with Gasteiger partial charge in [-0.25, -0.2) is 0 Å². The van der Waals surface area contributed by atoms with Crippen molar-refractivity contribution in [2.24, 2.45) is 0 Å². The summed E-state index contributed by atoms with van der Waals surface area (Å²) in [5, 5.41) is 8.63. The van der Waals surface area contributed by atoms with E-state index in [0.29, 0.717) is 5.75 Å². The maximum Gasteiger partial charge on any atom is 0.115 e. The predicted octanol–water partition coefficient (Wildman–Crippen LogP) is 2.83. The van der Waals surface area contributed by atoms with Crippen LogP contribution < -0.4 is 0 Å². The van der Waals surface area contributed by atoms with Crippen molar-refractivity contribution in [3.8, 4) is 5.75 Å². The lowest BCUT2D eigenvalue weighted by atomic mass is 10.1. The number of hydrogen-bond acceptors (Lipinski definition) is 2. The molecule has 2 heteroatoms. The van der Waals surface area contributed by atoms with Crippen molar-refractivity contribution in [1.29, 1.82) is 0 Å². The van der Waals surface area contributed by atoms with Crippen LogP contribution in [0.2, 0.25) is 0 Å². The third-order valence-corrected chi connectivity index (χ3v) is 2.38. The number of allylic oxidation sites excluding steroid dienone is 3. The fraction of sp³-hybridized carbons (Fsp3) is 0.143. The van der Waals surface area contributed by atoms with E-state index in [2.05, 4.69) is 24.3 Å². The van der Waals surface area contributed by atoms with Crippen molar-refractivity contribution in [2.75, 3.05) is 13.2 Å². The number of ether oxygens (including phenoxy) is 1. The van der Waals surface area contributed by atoms with Gasteiger partial charge in [0.05, 0.1) is 13.2 Å². The first-order chi connectivity index (χ1) is 7.86. The summed E-state index contributed by atoms with van der Waals surface area (Å²) < 4.78 is 5.20. The van der Waals surface area contributed by atoms with E-state index in [9.17, 15) is 0 Å². The zero-order chi connectivity index (χ0) is 11.2. The van der Waals surface area contributed by atoms with Gasteiger partial charge in [-0.3, -0.25) is 0 Å². The van der Waals surface area contributed by atoms with E-state index in [1.54, 1.807) is 24.3 Å². The van der Waals surface area contributed by atoms with Crippen molar-refractivity contribution >= 4 is 0 Å². The highest BCUT2D eigenvalue weighted by Crippen LogP contribution is 2.21. The Morgan fingerprint density at radius 3 is 2.56 bits per heavy atom. The summed E-state index contributed by atoms with van der Waals surface area (Å²) in [6, 6.07) is 8.71. The summed E-state index contributed by atoms with van der Waals surface area (Å²) in [6.07, 6.45) is 8.40. The first kappa shape index (κ1) is 10.7. The molecule has 1 aliphatic heterocycles. The molecule has 16 heavy (non-hydrogen) atoms. The molecule has 0 saturated heterocycles. The molecule has 1 aromatic rings. The quantitative estimate of drug-likeness (QED) is 0.719. The molecule has 0 fully saturated rings. The SMILES string of the molecule is C1=CC2=CCOCC2=C1.Oc1ccccc1. The molecule has 1 heterocycles. The Morgan fingerprint density at radius 1 is 1.12 bits per heavy atom. The molecule has 0 saturated carbocycles. The van der Waals surface area contributed by atoms with Crippen LogP contribution >= 0.6 is 0 Å². The van der Waals surface area contributed by atoms with Gasteiger partial charge in [-0.1, -0.05) is 42.5 Å². The lowest BCUT2D eigenvalue weighted by Gasteiger charge is -2.10. The smallest absolute Gasteiger partial charge is 0.115 e. The van der Waals surface area contributed by atoms with Crippen molar-refractivity contribution in [1.82, 2.24) is 0 Å². The van der Waals surface area contributed by atoms with Gasteiger partial charge in [0.15, 0.2) is 0 Å². The average molecular weight is 214 g/mol. The van der Waals surface area contributed by atoms with Gasteiger partial charge in [0.1, 0.15) is 5.75 Å². The fourth-order valence-electron chi connectivity index (χ4n) is 1.55. The molecule has 0 atom stereocenters. The zero-order valence-corrected chi connectivity index (χ0v) is 8.97. The summed E-state index contributed by atoms with van der Waals surface area (Å²) in [7, 11) is 0. The highest BCUT2D eigenvalue weighted by atomic mass is 16.5. The molecule has 0 radical (unpaired) electrons. The third-order valence-electron chi connectivity index (χ3n) is 2.38. The molecule has 0 amide bonds. The van der Waals surface area contributed by atoms with Gasteiger partial charge < -0.3 is 9.84 Å². The minimum absolute atomic E-state index is 0.322. The molecule has 0 spiro atoms. The number of fused-ring (bicyclic) bond motifs is 1. The summed E-state index contributed by atoms with van der Waals surface area (Å²) in [5.74, 6) is 0.322. The minimum Gasteiger partial charge on any atom is -0.508 e. The molecular weight excluding hydrogens is 200 g/mol. The third kappa shape index (κ3) is 2.84. The molecule has 0 unspecified atom stereocenters. The Hall–Kier alpha value is -1.80. The van der Waals surface area contributed by atoms with Gasteiger partial charge in [-0.05, 0) is 23.3 Å². The van der Waals surface area contributed by atoms with Crippen LogP contribution in [-0.4, -0.2) is 18.3 Å². The van der Waals surface area contributed by atoms with Gasteiger partial charge in [0.2, 0.25) is 0 Å². The summed E-state index contributed by atoms with van der Waals surface area (Å²) >= 11 is 0. The Morgan fingerprint density at radius 2 is 1.94 bits per heavy atom. The van der Waals surface area contributed by atoms with E-state index in [1.165, 1.54) is 11.1 Å². The predicted molar refractivity (Wildman–Crippen MR) is 64.2 cm³/mol. The zero-order valence-electron chi connectivity index (χ0n) is 8.97. The second-order valence-electron chi connectivity index (χ2n) is 3.56. The van der Waals surface area contributed by atoms with Gasteiger partial charge >= 0.3 is 0 Å². The maximum atomic E-state index is 8.63. The second-order valence-corrected chi connectivity index (χ2v) is 3.56. The molecule has 82 valence electrons. The van der Waals surface area contributed by atoms with Crippen LogP contribution in [0.1, 0.15) is 0 Å². The molecule has 1 aromatic carbocycles. The van der Waals surface area contributed by atoms with Crippen LogP contribution in [-0.2, 0) is 4.74 Å². The molecular formula is C14H14O2. The van der Waals surface area contributed by atoms with Crippen LogP contribution in [0.5, 0.6) is 5.75 Å². The molecule has 0 bridgehead atoms. The lowest BCUT2D eigenvalue weighted by molar-refractivity contribution is 0.181. The monoisotopic (exact) mass is 214 g/mol. The number of phenols is 1. The normalized spacial score (nSPS) is 16.8. The van der Waals surface area contributed by atoms with Gasteiger partial charge in [0, 0.05) is 0 Å². The minimum atomic E-state index is 0.322. The standard InChI is InChI=1S/C8H8O.C6H6O/c1-2-7-4-5-9-6-8(7)3-1;7-6-4-2-1-3-5-6/h1-4H,5-6H2;1-5,7H. The summed E-state index contributed by atoms with van der Waals surface area (Å²) in [6.45, 7) is 1.57. The first-order valence-electron chi connectivity index (χ1n) is 5.26. The summed E-state index contributed by atoms with van der Waals surface area (Å²) in [4.78, 5) is 0. The van der Waals surface area contributed by atoms with Crippen LogP contribution in [0, 0.1) is 0 Å². The highest BCUT2D eigenvalue weighted by Gasteiger charge is 2.09. The van der Waals surface area contributed by atoms with Crippen LogP contribution in [0.15, 0.2) is 65.8 Å². The van der Waals surface area contributed by atoms with Gasteiger partial charge in [0.25, 0.3) is 0 Å². The largest absolute Gasteiger partial charge is 0.508 e. The molecule has 3 rings (SSSR count). The van der Waals surface area contributed by atoms with Crippen LogP contribution in [0.4, 0.5) is 0 Å². The van der Waals surface area contributed by atoms with Crippen LogP contribution in [0.25, 0.3) is 0 Å². The topological polar surface area (TPSA) is 29.5 Å². The fourth-order valence-corrected chi connectivity index (χ4v) is 1.55. The number of hydrogen-bond donors (Lipinski definition) is 1. The first-order valence-corrected chi connectivity index (χ1v) is 5.26.